The number of amides is 1. The van der Waals surface area contributed by atoms with Gasteiger partial charge in [0.25, 0.3) is 5.91 Å². The van der Waals surface area contributed by atoms with Crippen LogP contribution in [0.3, 0.4) is 0 Å². The number of aromatic nitrogens is 1. The molecule has 19 heavy (non-hydrogen) atoms. The normalized spacial score (nSPS) is 10.5. The Bertz CT molecular complexity index is 606. The monoisotopic (exact) mass is 275 g/mol. The molecule has 0 fully saturated rings. The van der Waals surface area contributed by atoms with Gasteiger partial charge in [0, 0.05) is 23.2 Å². The van der Waals surface area contributed by atoms with Gasteiger partial charge in [0.1, 0.15) is 0 Å². The van der Waals surface area contributed by atoms with Crippen LogP contribution in [0.5, 0.6) is 0 Å². The van der Waals surface area contributed by atoms with Crippen LogP contribution in [0.2, 0.25) is 0 Å². The Labute approximate surface area is 116 Å². The third-order valence-electron chi connectivity index (χ3n) is 3.10. The van der Waals surface area contributed by atoms with Crippen LogP contribution in [0.1, 0.15) is 26.5 Å². The first-order valence-corrected chi connectivity index (χ1v) is 6.87. The van der Waals surface area contributed by atoms with Gasteiger partial charge in [-0.05, 0) is 31.5 Å². The number of nitrogens with two attached hydrogens (primary N) is 1. The van der Waals surface area contributed by atoms with Crippen molar-refractivity contribution in [1.29, 1.82) is 0 Å². The minimum atomic E-state index is -0.0282. The van der Waals surface area contributed by atoms with Crippen molar-refractivity contribution in [2.75, 3.05) is 12.8 Å². The number of hydrogen-bond acceptors (Lipinski definition) is 4. The molecule has 2 aromatic rings. The summed E-state index contributed by atoms with van der Waals surface area (Å²) in [4.78, 5) is 19.3. The van der Waals surface area contributed by atoms with Crippen molar-refractivity contribution in [3.05, 3.63) is 45.4 Å². The number of carbonyl (C=O) groups excluding carboxylic acids is 1. The van der Waals surface area contributed by atoms with Crippen LogP contribution < -0.4 is 5.73 Å². The molecule has 2 N–H and O–H groups in total. The summed E-state index contributed by atoms with van der Waals surface area (Å²) in [6.45, 7) is 4.45. The second kappa shape index (κ2) is 5.40. The number of nitrogens with zero attached hydrogens (tertiary/aromatic N) is 2. The van der Waals surface area contributed by atoms with Crippen LogP contribution in [0.25, 0.3) is 0 Å². The van der Waals surface area contributed by atoms with E-state index in [0.717, 1.165) is 16.1 Å². The van der Waals surface area contributed by atoms with E-state index >= 15 is 0 Å². The van der Waals surface area contributed by atoms with E-state index in [4.69, 9.17) is 5.73 Å². The molecule has 1 aromatic heterocycles. The zero-order valence-electron chi connectivity index (χ0n) is 11.3. The highest BCUT2D eigenvalue weighted by Gasteiger charge is 2.14. The molecule has 100 valence electrons. The van der Waals surface area contributed by atoms with Crippen molar-refractivity contribution >= 4 is 22.9 Å². The molecular formula is C14H17N3OS. The number of aryl methyl sites for hydroxylation is 2. The second-order valence-electron chi connectivity index (χ2n) is 4.59. The van der Waals surface area contributed by atoms with E-state index in [1.54, 1.807) is 34.9 Å². The molecule has 5 heteroatoms. The van der Waals surface area contributed by atoms with Gasteiger partial charge in [-0.15, -0.1) is 11.3 Å². The third kappa shape index (κ3) is 2.93. The van der Waals surface area contributed by atoms with Crippen molar-refractivity contribution in [2.24, 2.45) is 0 Å². The Kier molecular flexibility index (Phi) is 3.85. The first-order valence-electron chi connectivity index (χ1n) is 5.99. The summed E-state index contributed by atoms with van der Waals surface area (Å²) in [6, 6.07) is 5.41. The van der Waals surface area contributed by atoms with Gasteiger partial charge in [-0.3, -0.25) is 4.79 Å². The van der Waals surface area contributed by atoms with E-state index in [0.29, 0.717) is 17.8 Å². The van der Waals surface area contributed by atoms with Gasteiger partial charge in [-0.25, -0.2) is 4.98 Å². The van der Waals surface area contributed by atoms with Crippen LogP contribution >= 0.6 is 11.3 Å². The average Bonchev–Trinajstić information content (AvgIpc) is 2.77. The Hall–Kier alpha value is -1.88. The van der Waals surface area contributed by atoms with Crippen LogP contribution in [0.4, 0.5) is 5.69 Å². The zero-order chi connectivity index (χ0) is 14.0. The van der Waals surface area contributed by atoms with Crippen molar-refractivity contribution < 1.29 is 4.79 Å². The fourth-order valence-electron chi connectivity index (χ4n) is 1.76. The fourth-order valence-corrected chi connectivity index (χ4v) is 2.59. The van der Waals surface area contributed by atoms with Crippen LogP contribution in [0.15, 0.2) is 23.7 Å². The van der Waals surface area contributed by atoms with E-state index in [2.05, 4.69) is 4.98 Å². The quantitative estimate of drug-likeness (QED) is 0.876. The molecule has 4 nitrogen and oxygen atoms in total. The lowest BCUT2D eigenvalue weighted by atomic mass is 10.1. The van der Waals surface area contributed by atoms with E-state index in [1.165, 1.54) is 0 Å². The molecule has 0 bridgehead atoms. The Morgan fingerprint density at radius 3 is 2.74 bits per heavy atom. The number of anilines is 1. The van der Waals surface area contributed by atoms with Gasteiger partial charge >= 0.3 is 0 Å². The molecule has 0 saturated heterocycles. The molecule has 0 aliphatic heterocycles. The van der Waals surface area contributed by atoms with Gasteiger partial charge in [-0.2, -0.15) is 0 Å². The second-order valence-corrected chi connectivity index (χ2v) is 5.53. The zero-order valence-corrected chi connectivity index (χ0v) is 12.1. The maximum absolute atomic E-state index is 12.3. The lowest BCUT2D eigenvalue weighted by molar-refractivity contribution is 0.0786. The minimum absolute atomic E-state index is 0.0282. The Morgan fingerprint density at radius 1 is 1.42 bits per heavy atom. The van der Waals surface area contributed by atoms with Crippen LogP contribution in [-0.4, -0.2) is 22.8 Å². The largest absolute Gasteiger partial charge is 0.398 e. The predicted octanol–water partition coefficient (Wildman–Crippen LogP) is 2.61. The molecule has 1 amide bonds. The number of rotatable bonds is 3. The highest BCUT2D eigenvalue weighted by Crippen LogP contribution is 2.18. The average molecular weight is 275 g/mol. The van der Waals surface area contributed by atoms with Gasteiger partial charge in [0.05, 0.1) is 17.7 Å². The summed E-state index contributed by atoms with van der Waals surface area (Å²) in [5, 5.41) is 0. The fraction of sp³-hybridized carbons (Fsp3) is 0.286. The summed E-state index contributed by atoms with van der Waals surface area (Å²) in [5.74, 6) is -0.0282. The topological polar surface area (TPSA) is 59.2 Å². The molecule has 0 aliphatic rings. The lowest BCUT2D eigenvalue weighted by Gasteiger charge is -2.17. The maximum atomic E-state index is 12.3. The smallest absolute Gasteiger partial charge is 0.253 e. The highest BCUT2D eigenvalue weighted by atomic mass is 32.1. The minimum Gasteiger partial charge on any atom is -0.398 e. The maximum Gasteiger partial charge on any atom is 0.253 e. The molecule has 0 spiro atoms. The van der Waals surface area contributed by atoms with Crippen molar-refractivity contribution in [3.63, 3.8) is 0 Å². The van der Waals surface area contributed by atoms with E-state index in [9.17, 15) is 4.79 Å². The van der Waals surface area contributed by atoms with Crippen LogP contribution in [-0.2, 0) is 6.54 Å². The van der Waals surface area contributed by atoms with Crippen molar-refractivity contribution in [2.45, 2.75) is 20.4 Å². The molecular weight excluding hydrogens is 258 g/mol. The molecule has 0 aliphatic carbocycles. The number of hydrogen-bond donors (Lipinski definition) is 1. The predicted molar refractivity (Wildman–Crippen MR) is 78.2 cm³/mol. The number of nitrogen functional groups attached to an aromatic ring is 1. The first-order chi connectivity index (χ1) is 8.99. The lowest BCUT2D eigenvalue weighted by Crippen LogP contribution is -2.26. The number of benzene rings is 1. The van der Waals surface area contributed by atoms with Crippen molar-refractivity contribution in [1.82, 2.24) is 9.88 Å². The summed E-state index contributed by atoms with van der Waals surface area (Å²) >= 11 is 1.57. The summed E-state index contributed by atoms with van der Waals surface area (Å²) in [5.41, 5.74) is 10.9. The molecule has 0 unspecified atom stereocenters. The summed E-state index contributed by atoms with van der Waals surface area (Å²) < 4.78 is 0. The third-order valence-corrected chi connectivity index (χ3v) is 4.02. The molecule has 1 aromatic carbocycles. The van der Waals surface area contributed by atoms with Gasteiger partial charge in [0.15, 0.2) is 0 Å². The molecule has 0 saturated carbocycles. The molecule has 0 radical (unpaired) electrons. The Morgan fingerprint density at radius 2 is 2.16 bits per heavy atom. The molecule has 1 heterocycles. The molecule has 2 rings (SSSR count). The van der Waals surface area contributed by atoms with Crippen LogP contribution in [0, 0.1) is 13.8 Å². The highest BCUT2D eigenvalue weighted by molar-refractivity contribution is 7.09. The SMILES string of the molecule is Cc1ccc(C(=O)N(C)Cc2scnc2C)cc1N. The number of thiazole rings is 1. The molecule has 0 atom stereocenters. The van der Waals surface area contributed by atoms with Gasteiger partial charge < -0.3 is 10.6 Å². The van der Waals surface area contributed by atoms with Gasteiger partial charge in [-0.1, -0.05) is 6.07 Å². The summed E-state index contributed by atoms with van der Waals surface area (Å²) in [6.07, 6.45) is 0. The van der Waals surface area contributed by atoms with Gasteiger partial charge in [0.2, 0.25) is 0 Å². The number of carbonyl (C=O) groups is 1. The van der Waals surface area contributed by atoms with E-state index in [-0.39, 0.29) is 5.91 Å². The van der Waals surface area contributed by atoms with Crippen molar-refractivity contribution in [3.8, 4) is 0 Å². The Balaban J connectivity index is 2.15. The summed E-state index contributed by atoms with van der Waals surface area (Å²) in [7, 11) is 1.79. The van der Waals surface area contributed by atoms with E-state index < -0.39 is 0 Å². The van der Waals surface area contributed by atoms with E-state index in [1.807, 2.05) is 26.0 Å². The first kappa shape index (κ1) is 13.5. The standard InChI is InChI=1S/C14H17N3OS/c1-9-4-5-11(6-12(9)15)14(18)17(3)7-13-10(2)16-8-19-13/h4-6,8H,7,15H2,1-3H3.